The molecule has 0 unspecified atom stereocenters. The molecule has 24 heavy (non-hydrogen) atoms. The van der Waals surface area contributed by atoms with Gasteiger partial charge in [0.2, 0.25) is 5.91 Å². The van der Waals surface area contributed by atoms with Gasteiger partial charge in [-0.1, -0.05) is 48.5 Å². The second-order valence-corrected chi connectivity index (χ2v) is 6.09. The average Bonchev–Trinajstić information content (AvgIpc) is 3.19. The largest absolute Gasteiger partial charge is 0.310 e. The van der Waals surface area contributed by atoms with Crippen LogP contribution >= 0.6 is 0 Å². The first kappa shape index (κ1) is 14.7. The SMILES string of the molecule is O=C(Cc1ccccc1)Nc1c2c(nn1-c1ccccc1)CCC2. The van der Waals surface area contributed by atoms with Gasteiger partial charge in [-0.15, -0.1) is 0 Å². The van der Waals surface area contributed by atoms with Crippen LogP contribution in [0.3, 0.4) is 0 Å². The molecule has 0 radical (unpaired) electrons. The Hall–Kier alpha value is -2.88. The quantitative estimate of drug-likeness (QED) is 0.800. The fraction of sp³-hybridized carbons (Fsp3) is 0.200. The van der Waals surface area contributed by atoms with Crippen LogP contribution < -0.4 is 5.32 Å². The summed E-state index contributed by atoms with van der Waals surface area (Å²) >= 11 is 0. The number of carbonyl (C=O) groups excluding carboxylic acids is 1. The van der Waals surface area contributed by atoms with Crippen LogP contribution in [0.25, 0.3) is 5.69 Å². The summed E-state index contributed by atoms with van der Waals surface area (Å²) in [6.45, 7) is 0. The predicted molar refractivity (Wildman–Crippen MR) is 94.4 cm³/mol. The minimum atomic E-state index is -0.00650. The van der Waals surface area contributed by atoms with Crippen molar-refractivity contribution in [1.82, 2.24) is 9.78 Å². The summed E-state index contributed by atoms with van der Waals surface area (Å²) in [7, 11) is 0. The van der Waals surface area contributed by atoms with Crippen molar-refractivity contribution in [2.45, 2.75) is 25.7 Å². The van der Waals surface area contributed by atoms with Crippen molar-refractivity contribution in [3.63, 3.8) is 0 Å². The number of amides is 1. The highest BCUT2D eigenvalue weighted by Gasteiger charge is 2.24. The highest BCUT2D eigenvalue weighted by atomic mass is 16.1. The van der Waals surface area contributed by atoms with Gasteiger partial charge in [0.15, 0.2) is 0 Å². The topological polar surface area (TPSA) is 46.9 Å². The standard InChI is InChI=1S/C20H19N3O/c24-19(14-15-8-3-1-4-9-15)21-20-17-12-7-13-18(17)22-23(20)16-10-5-2-6-11-16/h1-6,8-11H,7,12-14H2,(H,21,24). The van der Waals surface area contributed by atoms with E-state index in [-0.39, 0.29) is 5.91 Å². The molecule has 1 amide bonds. The maximum atomic E-state index is 12.5. The second kappa shape index (κ2) is 6.32. The molecule has 2 aromatic carbocycles. The number of aryl methyl sites for hydroxylation is 1. The molecule has 0 atom stereocenters. The molecule has 1 aliphatic carbocycles. The second-order valence-electron chi connectivity index (χ2n) is 6.09. The Bertz CT molecular complexity index is 853. The first-order chi connectivity index (χ1) is 11.8. The number of rotatable bonds is 4. The zero-order chi connectivity index (χ0) is 16.4. The normalized spacial score (nSPS) is 12.8. The van der Waals surface area contributed by atoms with Crippen molar-refractivity contribution in [1.29, 1.82) is 0 Å². The Morgan fingerprint density at radius 1 is 1.00 bits per heavy atom. The molecule has 1 aromatic heterocycles. The van der Waals surface area contributed by atoms with E-state index in [9.17, 15) is 4.79 Å². The number of benzene rings is 2. The van der Waals surface area contributed by atoms with E-state index >= 15 is 0 Å². The number of hydrogen-bond acceptors (Lipinski definition) is 2. The number of aromatic nitrogens is 2. The maximum absolute atomic E-state index is 12.5. The van der Waals surface area contributed by atoms with Gasteiger partial charge in [0.25, 0.3) is 0 Å². The Labute approximate surface area is 141 Å². The van der Waals surface area contributed by atoms with Gasteiger partial charge in [-0.3, -0.25) is 4.79 Å². The van der Waals surface area contributed by atoms with Gasteiger partial charge in [0, 0.05) is 5.56 Å². The smallest absolute Gasteiger partial charge is 0.229 e. The number of nitrogens with one attached hydrogen (secondary N) is 1. The molecular formula is C20H19N3O. The van der Waals surface area contributed by atoms with Crippen molar-refractivity contribution in [3.05, 3.63) is 77.5 Å². The molecule has 4 nitrogen and oxygen atoms in total. The van der Waals surface area contributed by atoms with Crippen LogP contribution in [-0.2, 0) is 24.1 Å². The lowest BCUT2D eigenvalue weighted by Gasteiger charge is -2.11. The van der Waals surface area contributed by atoms with E-state index in [4.69, 9.17) is 5.10 Å². The Morgan fingerprint density at radius 2 is 1.71 bits per heavy atom. The summed E-state index contributed by atoms with van der Waals surface area (Å²) in [6, 6.07) is 19.8. The molecule has 0 saturated heterocycles. The van der Waals surface area contributed by atoms with Crippen LogP contribution in [0.2, 0.25) is 0 Å². The lowest BCUT2D eigenvalue weighted by molar-refractivity contribution is -0.115. The molecule has 4 heteroatoms. The maximum Gasteiger partial charge on any atom is 0.229 e. The number of nitrogens with zero attached hydrogens (tertiary/aromatic N) is 2. The van der Waals surface area contributed by atoms with E-state index in [1.807, 2.05) is 65.3 Å². The van der Waals surface area contributed by atoms with Gasteiger partial charge in [-0.25, -0.2) is 4.68 Å². The van der Waals surface area contributed by atoms with Crippen molar-refractivity contribution in [2.75, 3.05) is 5.32 Å². The monoisotopic (exact) mass is 317 g/mol. The zero-order valence-electron chi connectivity index (χ0n) is 13.4. The molecule has 1 aliphatic rings. The molecule has 0 spiro atoms. The van der Waals surface area contributed by atoms with Crippen molar-refractivity contribution < 1.29 is 4.79 Å². The first-order valence-corrected chi connectivity index (χ1v) is 8.31. The molecule has 1 N–H and O–H groups in total. The molecule has 3 aromatic rings. The van der Waals surface area contributed by atoms with Gasteiger partial charge >= 0.3 is 0 Å². The first-order valence-electron chi connectivity index (χ1n) is 8.31. The van der Waals surface area contributed by atoms with Crippen LogP contribution in [0.15, 0.2) is 60.7 Å². The summed E-state index contributed by atoms with van der Waals surface area (Å²) in [5.74, 6) is 0.822. The van der Waals surface area contributed by atoms with Crippen molar-refractivity contribution >= 4 is 11.7 Å². The third-order valence-corrected chi connectivity index (χ3v) is 4.37. The minimum absolute atomic E-state index is 0.00650. The van der Waals surface area contributed by atoms with Gasteiger partial charge in [0.05, 0.1) is 17.8 Å². The van der Waals surface area contributed by atoms with Crippen LogP contribution in [0, 0.1) is 0 Å². The van der Waals surface area contributed by atoms with Crippen molar-refractivity contribution in [2.24, 2.45) is 0 Å². The Morgan fingerprint density at radius 3 is 2.46 bits per heavy atom. The van der Waals surface area contributed by atoms with Crippen LogP contribution in [0.5, 0.6) is 0 Å². The summed E-state index contributed by atoms with van der Waals surface area (Å²) < 4.78 is 1.87. The third kappa shape index (κ3) is 2.83. The van der Waals surface area contributed by atoms with Crippen LogP contribution in [0.1, 0.15) is 23.2 Å². The number of para-hydroxylation sites is 1. The fourth-order valence-corrected chi connectivity index (χ4v) is 3.23. The van der Waals surface area contributed by atoms with E-state index in [2.05, 4.69) is 5.32 Å². The van der Waals surface area contributed by atoms with E-state index in [0.717, 1.165) is 42.0 Å². The van der Waals surface area contributed by atoms with Gasteiger partial charge in [-0.2, -0.15) is 5.10 Å². The number of hydrogen-bond donors (Lipinski definition) is 1. The summed E-state index contributed by atoms with van der Waals surface area (Å²) in [5, 5.41) is 7.82. The lowest BCUT2D eigenvalue weighted by Crippen LogP contribution is -2.18. The van der Waals surface area contributed by atoms with Crippen LogP contribution in [-0.4, -0.2) is 15.7 Å². The zero-order valence-corrected chi connectivity index (χ0v) is 13.4. The summed E-state index contributed by atoms with van der Waals surface area (Å²) in [6.07, 6.45) is 3.43. The van der Waals surface area contributed by atoms with Gasteiger partial charge < -0.3 is 5.32 Å². The molecule has 4 rings (SSSR count). The van der Waals surface area contributed by atoms with Crippen molar-refractivity contribution in [3.8, 4) is 5.69 Å². The van der Waals surface area contributed by atoms with E-state index in [1.165, 1.54) is 5.56 Å². The highest BCUT2D eigenvalue weighted by Crippen LogP contribution is 2.31. The minimum Gasteiger partial charge on any atom is -0.310 e. The van der Waals surface area contributed by atoms with Crippen LogP contribution in [0.4, 0.5) is 5.82 Å². The van der Waals surface area contributed by atoms with E-state index < -0.39 is 0 Å². The van der Waals surface area contributed by atoms with Gasteiger partial charge in [0.1, 0.15) is 5.82 Å². The summed E-state index contributed by atoms with van der Waals surface area (Å²) in [4.78, 5) is 12.5. The highest BCUT2D eigenvalue weighted by molar-refractivity contribution is 5.92. The third-order valence-electron chi connectivity index (χ3n) is 4.37. The molecule has 0 aliphatic heterocycles. The average molecular weight is 317 g/mol. The fourth-order valence-electron chi connectivity index (χ4n) is 3.23. The molecule has 1 heterocycles. The Balaban J connectivity index is 1.63. The van der Waals surface area contributed by atoms with E-state index in [1.54, 1.807) is 0 Å². The predicted octanol–water partition coefficient (Wildman–Crippen LogP) is 3.54. The van der Waals surface area contributed by atoms with E-state index in [0.29, 0.717) is 6.42 Å². The number of carbonyl (C=O) groups is 1. The number of anilines is 1. The van der Waals surface area contributed by atoms with Gasteiger partial charge in [-0.05, 0) is 37.0 Å². The molecular weight excluding hydrogens is 298 g/mol. The lowest BCUT2D eigenvalue weighted by atomic mass is 10.1. The molecule has 0 fully saturated rings. The molecule has 0 bridgehead atoms. The summed E-state index contributed by atoms with van der Waals surface area (Å²) in [5.41, 5.74) is 4.27. The number of fused-ring (bicyclic) bond motifs is 1. The Kier molecular flexibility index (Phi) is 3.87. The molecule has 0 saturated carbocycles. The molecule has 120 valence electrons.